The number of alkyl halides is 3. The summed E-state index contributed by atoms with van der Waals surface area (Å²) in [6, 6.07) is 7.94. The SMILES string of the molecule is N#Cc1ccc(NC(=O)CN(CC(F)(F)F)C2CC2)cc1. The Morgan fingerprint density at radius 3 is 2.43 bits per heavy atom. The minimum Gasteiger partial charge on any atom is -0.325 e. The van der Waals surface area contributed by atoms with Crippen LogP contribution in [0.4, 0.5) is 18.9 Å². The lowest BCUT2D eigenvalue weighted by Crippen LogP contribution is -2.41. The fraction of sp³-hybridized carbons (Fsp3) is 0.429. The number of benzene rings is 1. The molecule has 1 fully saturated rings. The number of nitrogens with zero attached hydrogens (tertiary/aromatic N) is 2. The third-order valence-corrected chi connectivity index (χ3v) is 3.09. The lowest BCUT2D eigenvalue weighted by Gasteiger charge is -2.22. The van der Waals surface area contributed by atoms with E-state index in [0.717, 1.165) is 4.90 Å². The van der Waals surface area contributed by atoms with Crippen LogP contribution < -0.4 is 5.32 Å². The normalized spacial score (nSPS) is 14.8. The molecule has 0 aromatic heterocycles. The molecule has 2 rings (SSSR count). The Bertz CT molecular complexity index is 544. The second-order valence-corrected chi connectivity index (χ2v) is 4.99. The Morgan fingerprint density at radius 1 is 1.33 bits per heavy atom. The third-order valence-electron chi connectivity index (χ3n) is 3.09. The number of hydrogen-bond acceptors (Lipinski definition) is 3. The Kier molecular flexibility index (Phi) is 4.48. The summed E-state index contributed by atoms with van der Waals surface area (Å²) >= 11 is 0. The van der Waals surface area contributed by atoms with Crippen molar-refractivity contribution in [3.05, 3.63) is 29.8 Å². The van der Waals surface area contributed by atoms with Crippen molar-refractivity contribution >= 4 is 11.6 Å². The van der Waals surface area contributed by atoms with E-state index in [0.29, 0.717) is 24.1 Å². The molecule has 21 heavy (non-hydrogen) atoms. The maximum atomic E-state index is 12.5. The molecule has 1 aromatic carbocycles. The molecule has 1 amide bonds. The van der Waals surface area contributed by atoms with Gasteiger partial charge in [-0.3, -0.25) is 9.69 Å². The van der Waals surface area contributed by atoms with Gasteiger partial charge in [0.15, 0.2) is 0 Å². The van der Waals surface area contributed by atoms with E-state index in [1.54, 1.807) is 12.1 Å². The molecule has 0 aliphatic heterocycles. The van der Waals surface area contributed by atoms with Crippen molar-refractivity contribution in [2.75, 3.05) is 18.4 Å². The minimum absolute atomic E-state index is 0.154. The molecule has 4 nitrogen and oxygen atoms in total. The van der Waals surface area contributed by atoms with E-state index in [1.807, 2.05) is 6.07 Å². The van der Waals surface area contributed by atoms with Gasteiger partial charge in [-0.1, -0.05) is 0 Å². The summed E-state index contributed by atoms with van der Waals surface area (Å²) in [6.45, 7) is -1.36. The lowest BCUT2D eigenvalue weighted by atomic mass is 10.2. The summed E-state index contributed by atoms with van der Waals surface area (Å²) in [4.78, 5) is 13.0. The van der Waals surface area contributed by atoms with Crippen LogP contribution in [0.25, 0.3) is 0 Å². The van der Waals surface area contributed by atoms with Crippen molar-refractivity contribution in [1.29, 1.82) is 5.26 Å². The fourth-order valence-electron chi connectivity index (χ4n) is 2.00. The third kappa shape index (κ3) is 5.08. The standard InChI is InChI=1S/C14H14F3N3O/c15-14(16,17)9-20(12-5-6-12)8-13(21)19-11-3-1-10(7-18)2-4-11/h1-4,12H,5-6,8-9H2,(H,19,21). The van der Waals surface area contributed by atoms with Crippen LogP contribution in [-0.2, 0) is 4.79 Å². The summed E-state index contributed by atoms with van der Waals surface area (Å²) in [6.07, 6.45) is -2.92. The Balaban J connectivity index is 1.91. The van der Waals surface area contributed by atoms with Gasteiger partial charge in [0.2, 0.25) is 5.91 Å². The van der Waals surface area contributed by atoms with Crippen molar-refractivity contribution < 1.29 is 18.0 Å². The number of hydrogen-bond donors (Lipinski definition) is 1. The van der Waals surface area contributed by atoms with Gasteiger partial charge in [-0.05, 0) is 37.1 Å². The molecule has 1 saturated carbocycles. The van der Waals surface area contributed by atoms with E-state index in [1.165, 1.54) is 12.1 Å². The Hall–Kier alpha value is -2.07. The second kappa shape index (κ2) is 6.14. The molecule has 0 spiro atoms. The maximum absolute atomic E-state index is 12.5. The number of carbonyl (C=O) groups excluding carboxylic acids is 1. The topological polar surface area (TPSA) is 56.1 Å². The molecule has 0 unspecified atom stereocenters. The van der Waals surface area contributed by atoms with Gasteiger partial charge in [0, 0.05) is 11.7 Å². The highest BCUT2D eigenvalue weighted by Crippen LogP contribution is 2.29. The van der Waals surface area contributed by atoms with Gasteiger partial charge in [-0.2, -0.15) is 18.4 Å². The summed E-state index contributed by atoms with van der Waals surface area (Å²) in [5.74, 6) is -0.490. The molecular formula is C14H14F3N3O. The fourth-order valence-corrected chi connectivity index (χ4v) is 2.00. The van der Waals surface area contributed by atoms with E-state index < -0.39 is 18.6 Å². The highest BCUT2D eigenvalue weighted by molar-refractivity contribution is 5.92. The van der Waals surface area contributed by atoms with Crippen molar-refractivity contribution in [2.45, 2.75) is 25.1 Å². The molecule has 1 aromatic rings. The average molecular weight is 297 g/mol. The first-order valence-corrected chi connectivity index (χ1v) is 6.48. The summed E-state index contributed by atoms with van der Waals surface area (Å²) in [5, 5.41) is 11.2. The van der Waals surface area contributed by atoms with Crippen molar-refractivity contribution in [1.82, 2.24) is 4.90 Å². The first kappa shape index (κ1) is 15.3. The van der Waals surface area contributed by atoms with E-state index in [4.69, 9.17) is 5.26 Å². The summed E-state index contributed by atoms with van der Waals surface area (Å²) in [5.41, 5.74) is 0.909. The zero-order chi connectivity index (χ0) is 15.5. The van der Waals surface area contributed by atoms with Crippen LogP contribution in [0.15, 0.2) is 24.3 Å². The molecule has 112 valence electrons. The van der Waals surface area contributed by atoms with Crippen LogP contribution in [-0.4, -0.2) is 36.1 Å². The minimum atomic E-state index is -4.31. The Labute approximate surface area is 120 Å². The van der Waals surface area contributed by atoms with Crippen LogP contribution in [0, 0.1) is 11.3 Å². The van der Waals surface area contributed by atoms with E-state index >= 15 is 0 Å². The molecule has 1 N–H and O–H groups in total. The Morgan fingerprint density at radius 2 is 1.95 bits per heavy atom. The quantitative estimate of drug-likeness (QED) is 0.908. The zero-order valence-corrected chi connectivity index (χ0v) is 11.2. The number of amides is 1. The second-order valence-electron chi connectivity index (χ2n) is 4.99. The van der Waals surface area contributed by atoms with Crippen LogP contribution >= 0.6 is 0 Å². The van der Waals surface area contributed by atoms with Gasteiger partial charge >= 0.3 is 6.18 Å². The largest absolute Gasteiger partial charge is 0.401 e. The smallest absolute Gasteiger partial charge is 0.325 e. The van der Waals surface area contributed by atoms with E-state index in [-0.39, 0.29) is 12.6 Å². The number of halogens is 3. The van der Waals surface area contributed by atoms with Crippen LogP contribution in [0.2, 0.25) is 0 Å². The summed E-state index contributed by atoms with van der Waals surface area (Å²) in [7, 11) is 0. The van der Waals surface area contributed by atoms with Gasteiger partial charge in [-0.15, -0.1) is 0 Å². The number of nitriles is 1. The van der Waals surface area contributed by atoms with Crippen molar-refractivity contribution in [3.8, 4) is 6.07 Å². The molecule has 0 bridgehead atoms. The summed E-state index contributed by atoms with van der Waals surface area (Å²) < 4.78 is 37.4. The van der Waals surface area contributed by atoms with Gasteiger partial charge < -0.3 is 5.32 Å². The number of nitrogens with one attached hydrogen (secondary N) is 1. The van der Waals surface area contributed by atoms with Gasteiger partial charge in [0.1, 0.15) is 0 Å². The highest BCUT2D eigenvalue weighted by atomic mass is 19.4. The number of rotatable bonds is 5. The number of carbonyl (C=O) groups is 1. The monoisotopic (exact) mass is 297 g/mol. The first-order valence-electron chi connectivity index (χ1n) is 6.48. The van der Waals surface area contributed by atoms with Crippen molar-refractivity contribution in [3.63, 3.8) is 0 Å². The van der Waals surface area contributed by atoms with Crippen molar-refractivity contribution in [2.24, 2.45) is 0 Å². The molecular weight excluding hydrogens is 283 g/mol. The van der Waals surface area contributed by atoms with E-state index in [9.17, 15) is 18.0 Å². The first-order chi connectivity index (χ1) is 9.87. The highest BCUT2D eigenvalue weighted by Gasteiger charge is 2.38. The van der Waals surface area contributed by atoms with Gasteiger partial charge in [0.05, 0.1) is 24.7 Å². The van der Waals surface area contributed by atoms with E-state index in [2.05, 4.69) is 5.32 Å². The molecule has 0 atom stereocenters. The van der Waals surface area contributed by atoms with Gasteiger partial charge in [0.25, 0.3) is 0 Å². The van der Waals surface area contributed by atoms with Crippen LogP contribution in [0.5, 0.6) is 0 Å². The molecule has 1 aliphatic carbocycles. The van der Waals surface area contributed by atoms with Gasteiger partial charge in [-0.25, -0.2) is 0 Å². The van der Waals surface area contributed by atoms with Crippen LogP contribution in [0.1, 0.15) is 18.4 Å². The molecule has 0 heterocycles. The maximum Gasteiger partial charge on any atom is 0.401 e. The predicted molar refractivity (Wildman–Crippen MR) is 70.4 cm³/mol. The predicted octanol–water partition coefficient (Wildman–Crippen LogP) is 2.52. The molecule has 0 radical (unpaired) electrons. The lowest BCUT2D eigenvalue weighted by molar-refractivity contribution is -0.149. The number of anilines is 1. The molecule has 7 heteroatoms. The van der Waals surface area contributed by atoms with Crippen LogP contribution in [0.3, 0.4) is 0 Å². The molecule has 1 aliphatic rings. The zero-order valence-electron chi connectivity index (χ0n) is 11.2. The average Bonchev–Trinajstić information content (AvgIpc) is 3.21. The molecule has 0 saturated heterocycles.